The minimum absolute atomic E-state index is 0.127. The van der Waals surface area contributed by atoms with Crippen molar-refractivity contribution in [1.82, 2.24) is 5.32 Å². The van der Waals surface area contributed by atoms with E-state index in [1.807, 2.05) is 19.1 Å². The van der Waals surface area contributed by atoms with E-state index in [-0.39, 0.29) is 11.5 Å². The predicted molar refractivity (Wildman–Crippen MR) is 85.8 cm³/mol. The Kier molecular flexibility index (Phi) is 6.86. The van der Waals surface area contributed by atoms with Crippen LogP contribution in [0.3, 0.4) is 0 Å². The van der Waals surface area contributed by atoms with Crippen molar-refractivity contribution in [1.29, 1.82) is 0 Å². The highest BCUT2D eigenvalue weighted by Gasteiger charge is 2.16. The average molecular weight is 297 g/mol. The molecule has 2 atom stereocenters. The first-order valence-corrected chi connectivity index (χ1v) is 8.41. The number of nitrogens with one attached hydrogen (secondary N) is 1. The molecule has 4 heteroatoms. The molecule has 2 unspecified atom stereocenters. The summed E-state index contributed by atoms with van der Waals surface area (Å²) in [7, 11) is 0.678. The fraction of sp³-hybridized carbons (Fsp3) is 0.625. The lowest BCUT2D eigenvalue weighted by Gasteiger charge is -2.20. The van der Waals surface area contributed by atoms with Crippen LogP contribution in [0.25, 0.3) is 0 Å². The molecule has 0 amide bonds. The summed E-state index contributed by atoms with van der Waals surface area (Å²) in [6, 6.07) is 8.24. The Morgan fingerprint density at radius 1 is 1.25 bits per heavy atom. The van der Waals surface area contributed by atoms with Crippen LogP contribution in [-0.2, 0) is 21.0 Å². The smallest absolute Gasteiger partial charge is 0.0624 e. The molecule has 0 bridgehead atoms. The Hall–Kier alpha value is -0.710. The van der Waals surface area contributed by atoms with Gasteiger partial charge in [-0.15, -0.1) is 0 Å². The molecule has 0 fully saturated rings. The minimum atomic E-state index is -0.994. The average Bonchev–Trinajstić information content (AvgIpc) is 2.38. The molecule has 3 nitrogen and oxygen atoms in total. The van der Waals surface area contributed by atoms with Crippen molar-refractivity contribution < 1.29 is 8.95 Å². The lowest BCUT2D eigenvalue weighted by molar-refractivity contribution is 0.174. The zero-order valence-electron chi connectivity index (χ0n) is 13.2. The van der Waals surface area contributed by atoms with Gasteiger partial charge in [-0.3, -0.25) is 4.21 Å². The molecule has 0 saturated carbocycles. The Bertz CT molecular complexity index is 417. The van der Waals surface area contributed by atoms with Crippen molar-refractivity contribution in [3.05, 3.63) is 29.8 Å². The maximum Gasteiger partial charge on any atom is 0.0624 e. The number of benzene rings is 1. The van der Waals surface area contributed by atoms with Crippen molar-refractivity contribution in [3.63, 3.8) is 0 Å². The van der Waals surface area contributed by atoms with E-state index in [1.54, 1.807) is 7.11 Å². The number of methoxy groups -OCH3 is 1. The van der Waals surface area contributed by atoms with Gasteiger partial charge in [0.25, 0.3) is 0 Å². The number of rotatable bonds is 7. The summed E-state index contributed by atoms with van der Waals surface area (Å²) in [4.78, 5) is 0.886. The van der Waals surface area contributed by atoms with Gasteiger partial charge in [0.1, 0.15) is 0 Å². The standard InChI is InChI=1S/C16H27NO2S/c1-6-17-14(11-19-5)12-20(18)15-9-7-13(8-10-15)16(2,3)4/h7-10,14,17H,6,11-12H2,1-5H3. The fourth-order valence-corrected chi connectivity index (χ4v) is 3.25. The highest BCUT2D eigenvalue weighted by molar-refractivity contribution is 7.85. The van der Waals surface area contributed by atoms with E-state index < -0.39 is 10.8 Å². The van der Waals surface area contributed by atoms with Gasteiger partial charge >= 0.3 is 0 Å². The molecule has 0 aliphatic carbocycles. The van der Waals surface area contributed by atoms with Gasteiger partial charge in [-0.05, 0) is 29.7 Å². The van der Waals surface area contributed by atoms with Crippen LogP contribution in [0.2, 0.25) is 0 Å². The highest BCUT2D eigenvalue weighted by Crippen LogP contribution is 2.23. The summed E-state index contributed by atoms with van der Waals surface area (Å²) in [5.41, 5.74) is 1.39. The van der Waals surface area contributed by atoms with E-state index in [1.165, 1.54) is 5.56 Å². The van der Waals surface area contributed by atoms with E-state index in [4.69, 9.17) is 4.74 Å². The maximum absolute atomic E-state index is 12.4. The Morgan fingerprint density at radius 3 is 2.30 bits per heavy atom. The van der Waals surface area contributed by atoms with E-state index in [0.29, 0.717) is 12.4 Å². The second kappa shape index (κ2) is 7.91. The molecule has 0 radical (unpaired) electrons. The third-order valence-electron chi connectivity index (χ3n) is 3.20. The van der Waals surface area contributed by atoms with Gasteiger partial charge < -0.3 is 10.1 Å². The monoisotopic (exact) mass is 297 g/mol. The minimum Gasteiger partial charge on any atom is -0.383 e. The summed E-state index contributed by atoms with van der Waals surface area (Å²) in [6.45, 7) is 10.0. The molecule has 0 heterocycles. The molecule has 0 aromatic heterocycles. The van der Waals surface area contributed by atoms with Gasteiger partial charge in [0.2, 0.25) is 0 Å². The Morgan fingerprint density at radius 2 is 1.85 bits per heavy atom. The van der Waals surface area contributed by atoms with Crippen LogP contribution in [0.15, 0.2) is 29.2 Å². The SMILES string of the molecule is CCNC(COC)CS(=O)c1ccc(C(C)(C)C)cc1. The van der Waals surface area contributed by atoms with Gasteiger partial charge in [0, 0.05) is 23.8 Å². The molecule has 1 aromatic carbocycles. The van der Waals surface area contributed by atoms with E-state index in [0.717, 1.165) is 11.4 Å². The first-order valence-electron chi connectivity index (χ1n) is 7.09. The lowest BCUT2D eigenvalue weighted by atomic mass is 9.87. The summed E-state index contributed by atoms with van der Waals surface area (Å²) in [5.74, 6) is 0.580. The molecule has 0 aliphatic heterocycles. The van der Waals surface area contributed by atoms with E-state index in [2.05, 4.69) is 38.2 Å². The largest absolute Gasteiger partial charge is 0.383 e. The molecule has 0 aliphatic rings. The first-order chi connectivity index (χ1) is 9.38. The number of hydrogen-bond acceptors (Lipinski definition) is 3. The molecule has 114 valence electrons. The summed E-state index contributed by atoms with van der Waals surface area (Å²) in [5, 5.41) is 3.30. The molecule has 1 N–H and O–H groups in total. The molecule has 0 spiro atoms. The van der Waals surface area contributed by atoms with Crippen molar-refractivity contribution in [3.8, 4) is 0 Å². The third kappa shape index (κ3) is 5.35. The molecule has 1 aromatic rings. The summed E-state index contributed by atoms with van der Waals surface area (Å²) in [6.07, 6.45) is 0. The first kappa shape index (κ1) is 17.3. The predicted octanol–water partition coefficient (Wildman–Crippen LogP) is 2.72. The van der Waals surface area contributed by atoms with Crippen LogP contribution in [-0.4, -0.2) is 36.3 Å². The molecule has 0 saturated heterocycles. The van der Waals surface area contributed by atoms with E-state index >= 15 is 0 Å². The molecular formula is C16H27NO2S. The zero-order valence-corrected chi connectivity index (χ0v) is 14.0. The van der Waals surface area contributed by atoms with Crippen LogP contribution in [0.5, 0.6) is 0 Å². The van der Waals surface area contributed by atoms with Crippen LogP contribution in [0.4, 0.5) is 0 Å². The normalized spacial score (nSPS) is 15.1. The second-order valence-corrected chi connectivity index (χ2v) is 7.49. The number of hydrogen-bond donors (Lipinski definition) is 1. The third-order valence-corrected chi connectivity index (χ3v) is 4.70. The fourth-order valence-electron chi connectivity index (χ4n) is 2.04. The van der Waals surface area contributed by atoms with Gasteiger partial charge in [-0.1, -0.05) is 39.8 Å². The quantitative estimate of drug-likeness (QED) is 0.841. The Labute approximate surface area is 125 Å². The van der Waals surface area contributed by atoms with Crippen molar-refractivity contribution in [2.45, 2.75) is 44.0 Å². The van der Waals surface area contributed by atoms with Crippen molar-refractivity contribution in [2.75, 3.05) is 26.0 Å². The van der Waals surface area contributed by atoms with Gasteiger partial charge in [-0.2, -0.15) is 0 Å². The maximum atomic E-state index is 12.4. The van der Waals surface area contributed by atoms with Crippen molar-refractivity contribution in [2.24, 2.45) is 0 Å². The highest BCUT2D eigenvalue weighted by atomic mass is 32.2. The van der Waals surface area contributed by atoms with E-state index in [9.17, 15) is 4.21 Å². The lowest BCUT2D eigenvalue weighted by Crippen LogP contribution is -2.37. The van der Waals surface area contributed by atoms with Crippen LogP contribution < -0.4 is 5.32 Å². The van der Waals surface area contributed by atoms with Crippen LogP contribution in [0, 0.1) is 0 Å². The van der Waals surface area contributed by atoms with Gasteiger partial charge in [0.05, 0.1) is 17.4 Å². The summed E-state index contributed by atoms with van der Waals surface area (Å²) >= 11 is 0. The topological polar surface area (TPSA) is 38.3 Å². The summed E-state index contributed by atoms with van der Waals surface area (Å²) < 4.78 is 17.5. The second-order valence-electron chi connectivity index (χ2n) is 6.00. The van der Waals surface area contributed by atoms with Gasteiger partial charge in [-0.25, -0.2) is 0 Å². The molecular weight excluding hydrogens is 270 g/mol. The number of ether oxygens (including phenoxy) is 1. The Balaban J connectivity index is 2.72. The zero-order chi connectivity index (χ0) is 15.2. The number of likely N-dealkylation sites (N-methyl/N-ethyl adjacent to an activating group) is 1. The molecule has 1 rings (SSSR count). The van der Waals surface area contributed by atoms with Crippen molar-refractivity contribution >= 4 is 10.8 Å². The molecule has 20 heavy (non-hydrogen) atoms. The van der Waals surface area contributed by atoms with Gasteiger partial charge in [0.15, 0.2) is 0 Å². The van der Waals surface area contributed by atoms with Crippen LogP contribution in [0.1, 0.15) is 33.3 Å². The van der Waals surface area contributed by atoms with Crippen LogP contribution >= 0.6 is 0 Å².